The molecule has 1 fully saturated rings. The molecular weight excluding hydrogens is 158 g/mol. The summed E-state index contributed by atoms with van der Waals surface area (Å²) in [6, 6.07) is 0.824. The molecule has 0 aromatic rings. The van der Waals surface area contributed by atoms with Gasteiger partial charge in [0.25, 0.3) is 0 Å². The fourth-order valence-electron chi connectivity index (χ4n) is 1.66. The summed E-state index contributed by atoms with van der Waals surface area (Å²) in [5.74, 6) is 0.812. The van der Waals surface area contributed by atoms with Crippen molar-refractivity contribution in [2.24, 2.45) is 0 Å². The summed E-state index contributed by atoms with van der Waals surface area (Å²) >= 11 is 5.57. The van der Waals surface area contributed by atoms with Crippen molar-refractivity contribution < 1.29 is 0 Å². The van der Waals surface area contributed by atoms with Crippen LogP contribution in [0.2, 0.25) is 0 Å². The summed E-state index contributed by atoms with van der Waals surface area (Å²) < 4.78 is 0. The second-order valence-corrected chi connectivity index (χ2v) is 3.71. The van der Waals surface area contributed by atoms with Crippen LogP contribution in [0.15, 0.2) is 0 Å². The normalized spacial score (nSPS) is 19.4. The number of nitrogens with one attached hydrogen (secondary N) is 1. The Kier molecular flexibility index (Phi) is 4.96. The number of alkyl halides is 1. The molecule has 11 heavy (non-hydrogen) atoms. The van der Waals surface area contributed by atoms with Gasteiger partial charge in [-0.3, -0.25) is 0 Å². The van der Waals surface area contributed by atoms with Gasteiger partial charge in [0.05, 0.1) is 0 Å². The zero-order chi connectivity index (χ0) is 7.94. The van der Waals surface area contributed by atoms with Crippen molar-refractivity contribution in [3.63, 3.8) is 0 Å². The van der Waals surface area contributed by atoms with Crippen LogP contribution in [-0.4, -0.2) is 18.5 Å². The van der Waals surface area contributed by atoms with Gasteiger partial charge >= 0.3 is 0 Å². The van der Waals surface area contributed by atoms with Crippen LogP contribution < -0.4 is 5.32 Å². The molecule has 66 valence electrons. The van der Waals surface area contributed by atoms with Crippen LogP contribution in [0.3, 0.4) is 0 Å². The van der Waals surface area contributed by atoms with Gasteiger partial charge in [0.2, 0.25) is 0 Å². The predicted octanol–water partition coefficient (Wildman–Crippen LogP) is 2.54. The molecule has 1 rings (SSSR count). The Morgan fingerprint density at radius 1 is 1.18 bits per heavy atom. The van der Waals surface area contributed by atoms with E-state index in [1.54, 1.807) is 0 Å². The first-order valence-electron chi connectivity index (χ1n) is 4.73. The van der Waals surface area contributed by atoms with Crippen molar-refractivity contribution in [2.75, 3.05) is 12.4 Å². The van der Waals surface area contributed by atoms with Gasteiger partial charge in [-0.1, -0.05) is 12.8 Å². The fourth-order valence-corrected chi connectivity index (χ4v) is 1.84. The number of hydrogen-bond donors (Lipinski definition) is 1. The lowest BCUT2D eigenvalue weighted by Crippen LogP contribution is -2.26. The van der Waals surface area contributed by atoms with E-state index in [4.69, 9.17) is 11.6 Å². The molecule has 0 saturated heterocycles. The minimum Gasteiger partial charge on any atom is -0.314 e. The van der Waals surface area contributed by atoms with Crippen LogP contribution in [0, 0.1) is 0 Å². The Bertz CT molecular complexity index is 89.6. The smallest absolute Gasteiger partial charge is 0.0223 e. The van der Waals surface area contributed by atoms with E-state index in [9.17, 15) is 0 Å². The van der Waals surface area contributed by atoms with Crippen LogP contribution in [0.5, 0.6) is 0 Å². The Morgan fingerprint density at radius 2 is 1.91 bits per heavy atom. The summed E-state index contributed by atoms with van der Waals surface area (Å²) in [6.45, 7) is 1.16. The summed E-state index contributed by atoms with van der Waals surface area (Å²) in [5.41, 5.74) is 0. The van der Waals surface area contributed by atoms with Crippen molar-refractivity contribution in [3.8, 4) is 0 Å². The molecule has 1 saturated carbocycles. The lowest BCUT2D eigenvalue weighted by Gasteiger charge is -2.10. The van der Waals surface area contributed by atoms with E-state index in [-0.39, 0.29) is 0 Å². The zero-order valence-corrected chi connectivity index (χ0v) is 7.87. The van der Waals surface area contributed by atoms with Crippen molar-refractivity contribution in [3.05, 3.63) is 0 Å². The largest absolute Gasteiger partial charge is 0.314 e. The molecule has 0 bridgehead atoms. The van der Waals surface area contributed by atoms with E-state index >= 15 is 0 Å². The maximum absolute atomic E-state index is 5.57. The number of rotatable bonds is 5. The van der Waals surface area contributed by atoms with Gasteiger partial charge in [0.15, 0.2) is 0 Å². The Hall–Kier alpha value is 0.250. The first kappa shape index (κ1) is 9.34. The summed E-state index contributed by atoms with van der Waals surface area (Å²) in [4.78, 5) is 0. The van der Waals surface area contributed by atoms with Gasteiger partial charge in [0.1, 0.15) is 0 Å². The first-order chi connectivity index (χ1) is 5.43. The molecule has 1 aliphatic carbocycles. The van der Waals surface area contributed by atoms with Crippen molar-refractivity contribution >= 4 is 11.6 Å². The first-order valence-corrected chi connectivity index (χ1v) is 5.26. The van der Waals surface area contributed by atoms with Gasteiger partial charge in [-0.15, -0.1) is 11.6 Å². The third-order valence-electron chi connectivity index (χ3n) is 2.35. The van der Waals surface area contributed by atoms with Gasteiger partial charge in [0, 0.05) is 11.9 Å². The van der Waals surface area contributed by atoms with Crippen LogP contribution in [-0.2, 0) is 0 Å². The minimum absolute atomic E-state index is 0.812. The van der Waals surface area contributed by atoms with E-state index in [0.717, 1.165) is 24.9 Å². The molecule has 1 N–H and O–H groups in total. The molecule has 2 heteroatoms. The fraction of sp³-hybridized carbons (Fsp3) is 1.00. The van der Waals surface area contributed by atoms with Crippen molar-refractivity contribution in [1.29, 1.82) is 0 Å². The standard InChI is InChI=1S/C9H18ClN/c10-7-3-4-8-11-9-5-1-2-6-9/h9,11H,1-8H2. The Balaban J connectivity index is 1.86. The maximum atomic E-state index is 5.57. The van der Waals surface area contributed by atoms with E-state index in [2.05, 4.69) is 5.32 Å². The number of halogens is 1. The minimum atomic E-state index is 0.812. The third-order valence-corrected chi connectivity index (χ3v) is 2.62. The summed E-state index contributed by atoms with van der Waals surface area (Å²) in [7, 11) is 0. The quantitative estimate of drug-likeness (QED) is 0.500. The highest BCUT2D eigenvalue weighted by molar-refractivity contribution is 6.17. The molecule has 0 atom stereocenters. The van der Waals surface area contributed by atoms with Crippen LogP contribution >= 0.6 is 11.6 Å². The average Bonchev–Trinajstić information content (AvgIpc) is 2.50. The highest BCUT2D eigenvalue weighted by Gasteiger charge is 2.12. The van der Waals surface area contributed by atoms with Gasteiger partial charge in [-0.2, -0.15) is 0 Å². The second-order valence-electron chi connectivity index (χ2n) is 3.33. The number of hydrogen-bond acceptors (Lipinski definition) is 1. The highest BCUT2D eigenvalue weighted by atomic mass is 35.5. The topological polar surface area (TPSA) is 12.0 Å². The van der Waals surface area contributed by atoms with Gasteiger partial charge in [-0.25, -0.2) is 0 Å². The van der Waals surface area contributed by atoms with Crippen molar-refractivity contribution in [1.82, 2.24) is 5.32 Å². The molecule has 0 aromatic heterocycles. The van der Waals surface area contributed by atoms with E-state index in [1.807, 2.05) is 0 Å². The highest BCUT2D eigenvalue weighted by Crippen LogP contribution is 2.17. The Morgan fingerprint density at radius 3 is 2.55 bits per heavy atom. The second kappa shape index (κ2) is 5.84. The Labute approximate surface area is 74.5 Å². The van der Waals surface area contributed by atoms with E-state index in [0.29, 0.717) is 0 Å². The van der Waals surface area contributed by atoms with Crippen LogP contribution in [0.25, 0.3) is 0 Å². The van der Waals surface area contributed by atoms with Crippen LogP contribution in [0.1, 0.15) is 38.5 Å². The lowest BCUT2D eigenvalue weighted by molar-refractivity contribution is 0.513. The molecule has 0 unspecified atom stereocenters. The lowest BCUT2D eigenvalue weighted by atomic mass is 10.2. The third kappa shape index (κ3) is 3.97. The summed E-state index contributed by atoms with van der Waals surface area (Å²) in [6.07, 6.45) is 8.02. The molecule has 0 aliphatic heterocycles. The average molecular weight is 176 g/mol. The molecular formula is C9H18ClN. The van der Waals surface area contributed by atoms with Gasteiger partial charge in [-0.05, 0) is 32.2 Å². The molecule has 1 aliphatic rings. The van der Waals surface area contributed by atoms with Gasteiger partial charge < -0.3 is 5.32 Å². The predicted molar refractivity (Wildman–Crippen MR) is 50.2 cm³/mol. The number of unbranched alkanes of at least 4 members (excludes halogenated alkanes) is 1. The van der Waals surface area contributed by atoms with E-state index in [1.165, 1.54) is 32.1 Å². The monoisotopic (exact) mass is 175 g/mol. The molecule has 0 radical (unpaired) electrons. The zero-order valence-electron chi connectivity index (χ0n) is 7.11. The summed E-state index contributed by atoms with van der Waals surface area (Å²) in [5, 5.41) is 3.56. The molecule has 0 spiro atoms. The maximum Gasteiger partial charge on any atom is 0.0223 e. The molecule has 0 amide bonds. The molecule has 1 nitrogen and oxygen atoms in total. The SMILES string of the molecule is ClCCCCNC1CCCC1. The van der Waals surface area contributed by atoms with Crippen LogP contribution in [0.4, 0.5) is 0 Å². The molecule has 0 heterocycles. The van der Waals surface area contributed by atoms with Crippen molar-refractivity contribution in [2.45, 2.75) is 44.6 Å². The van der Waals surface area contributed by atoms with E-state index < -0.39 is 0 Å². The molecule has 0 aromatic carbocycles.